The molecule has 106 valence electrons. The van der Waals surface area contributed by atoms with Crippen LogP contribution in [0.2, 0.25) is 0 Å². The fourth-order valence-corrected chi connectivity index (χ4v) is 2.45. The van der Waals surface area contributed by atoms with Gasteiger partial charge in [0.05, 0.1) is 18.8 Å². The first-order valence-corrected chi connectivity index (χ1v) is 6.87. The molecule has 5 nitrogen and oxygen atoms in total. The molecule has 0 saturated carbocycles. The molecule has 0 spiro atoms. The van der Waals surface area contributed by atoms with Crippen molar-refractivity contribution < 1.29 is 9.21 Å². The van der Waals surface area contributed by atoms with Crippen LogP contribution in [0.4, 0.5) is 0 Å². The molecule has 1 saturated heterocycles. The van der Waals surface area contributed by atoms with Crippen molar-refractivity contribution in [3.8, 4) is 0 Å². The van der Waals surface area contributed by atoms with Crippen molar-refractivity contribution in [1.29, 1.82) is 0 Å². The minimum atomic E-state index is -0.120. The lowest BCUT2D eigenvalue weighted by atomic mass is 9.94. The quantitative estimate of drug-likeness (QED) is 0.850. The average molecular weight is 265 g/mol. The van der Waals surface area contributed by atoms with E-state index >= 15 is 0 Å². The molecule has 5 heteroatoms. The molecule has 1 aromatic heterocycles. The minimum Gasteiger partial charge on any atom is -0.467 e. The van der Waals surface area contributed by atoms with Crippen LogP contribution < -0.4 is 11.1 Å². The molecule has 2 heterocycles. The fraction of sp³-hybridized carbons (Fsp3) is 0.643. The Labute approximate surface area is 114 Å². The first kappa shape index (κ1) is 14.1. The molecule has 1 aliphatic rings. The number of furan rings is 1. The van der Waals surface area contributed by atoms with Gasteiger partial charge in [0.2, 0.25) is 5.91 Å². The van der Waals surface area contributed by atoms with E-state index in [9.17, 15) is 4.79 Å². The molecular formula is C14H23N3O2. The predicted molar refractivity (Wildman–Crippen MR) is 73.3 cm³/mol. The second kappa shape index (κ2) is 6.21. The van der Waals surface area contributed by atoms with Crippen LogP contribution in [0.15, 0.2) is 22.8 Å². The molecule has 0 aliphatic carbocycles. The summed E-state index contributed by atoms with van der Waals surface area (Å²) in [6, 6.07) is 3.81. The van der Waals surface area contributed by atoms with Gasteiger partial charge in [-0.2, -0.15) is 0 Å². The first-order chi connectivity index (χ1) is 9.08. The number of carbonyl (C=O) groups is 1. The van der Waals surface area contributed by atoms with Gasteiger partial charge in [-0.15, -0.1) is 0 Å². The summed E-state index contributed by atoms with van der Waals surface area (Å²) in [5.41, 5.74) is 6.00. The largest absolute Gasteiger partial charge is 0.467 e. The highest BCUT2D eigenvalue weighted by atomic mass is 16.3. The van der Waals surface area contributed by atoms with E-state index in [-0.39, 0.29) is 18.0 Å². The third-order valence-corrected chi connectivity index (χ3v) is 3.95. The van der Waals surface area contributed by atoms with Gasteiger partial charge >= 0.3 is 0 Å². The zero-order chi connectivity index (χ0) is 13.8. The van der Waals surface area contributed by atoms with E-state index in [1.807, 2.05) is 19.1 Å². The maximum absolute atomic E-state index is 12.1. The van der Waals surface area contributed by atoms with Crippen LogP contribution >= 0.6 is 0 Å². The minimum absolute atomic E-state index is 0.0408. The molecule has 0 radical (unpaired) electrons. The molecule has 1 amide bonds. The number of likely N-dealkylation sites (tertiary alicyclic amines) is 1. The number of nitrogens with zero attached hydrogens (tertiary/aromatic N) is 1. The van der Waals surface area contributed by atoms with Crippen molar-refractivity contribution >= 4 is 5.91 Å². The summed E-state index contributed by atoms with van der Waals surface area (Å²) in [4.78, 5) is 14.3. The van der Waals surface area contributed by atoms with Gasteiger partial charge in [-0.05, 0) is 31.4 Å². The summed E-state index contributed by atoms with van der Waals surface area (Å²) < 4.78 is 5.20. The Morgan fingerprint density at radius 2 is 2.47 bits per heavy atom. The van der Waals surface area contributed by atoms with Crippen LogP contribution in [0.1, 0.15) is 26.0 Å². The van der Waals surface area contributed by atoms with Crippen molar-refractivity contribution in [2.75, 3.05) is 13.1 Å². The number of hydrogen-bond acceptors (Lipinski definition) is 4. The first-order valence-electron chi connectivity index (χ1n) is 6.87. The Morgan fingerprint density at radius 3 is 3.11 bits per heavy atom. The third kappa shape index (κ3) is 3.58. The molecule has 19 heavy (non-hydrogen) atoms. The van der Waals surface area contributed by atoms with Gasteiger partial charge in [0.1, 0.15) is 5.76 Å². The normalized spacial score (nSPS) is 26.1. The van der Waals surface area contributed by atoms with E-state index in [2.05, 4.69) is 17.1 Å². The van der Waals surface area contributed by atoms with Crippen molar-refractivity contribution in [3.05, 3.63) is 24.2 Å². The molecule has 3 N–H and O–H groups in total. The number of rotatable bonds is 4. The number of amides is 1. The lowest BCUT2D eigenvalue weighted by Gasteiger charge is -2.37. The zero-order valence-electron chi connectivity index (χ0n) is 11.6. The molecule has 1 fully saturated rings. The van der Waals surface area contributed by atoms with E-state index in [1.165, 1.54) is 0 Å². The van der Waals surface area contributed by atoms with Crippen molar-refractivity contribution in [2.45, 2.75) is 38.9 Å². The summed E-state index contributed by atoms with van der Waals surface area (Å²) in [6.07, 6.45) is 2.57. The Hall–Kier alpha value is -1.33. The van der Waals surface area contributed by atoms with Gasteiger partial charge in [0.15, 0.2) is 0 Å². The molecule has 0 aromatic carbocycles. The van der Waals surface area contributed by atoms with Gasteiger partial charge in [0, 0.05) is 19.1 Å². The van der Waals surface area contributed by atoms with Crippen molar-refractivity contribution in [1.82, 2.24) is 10.2 Å². The van der Waals surface area contributed by atoms with Crippen molar-refractivity contribution in [3.63, 3.8) is 0 Å². The third-order valence-electron chi connectivity index (χ3n) is 3.95. The molecule has 3 atom stereocenters. The van der Waals surface area contributed by atoms with Crippen LogP contribution in [0.5, 0.6) is 0 Å². The Bertz CT molecular complexity index is 405. The smallest absolute Gasteiger partial charge is 0.237 e. The fourth-order valence-electron chi connectivity index (χ4n) is 2.45. The van der Waals surface area contributed by atoms with Gasteiger partial charge < -0.3 is 15.5 Å². The second-order valence-electron chi connectivity index (χ2n) is 5.40. The number of carbonyl (C=O) groups excluding carboxylic acids is 1. The van der Waals surface area contributed by atoms with Crippen LogP contribution in [0.25, 0.3) is 0 Å². The summed E-state index contributed by atoms with van der Waals surface area (Å²) in [6.45, 7) is 6.31. The van der Waals surface area contributed by atoms with Crippen LogP contribution in [-0.4, -0.2) is 36.0 Å². The van der Waals surface area contributed by atoms with E-state index in [1.54, 1.807) is 6.26 Å². The van der Waals surface area contributed by atoms with E-state index in [0.717, 1.165) is 25.3 Å². The highest BCUT2D eigenvalue weighted by Crippen LogP contribution is 2.17. The summed E-state index contributed by atoms with van der Waals surface area (Å²) in [5, 5.41) is 2.90. The van der Waals surface area contributed by atoms with Crippen LogP contribution in [0, 0.1) is 5.92 Å². The number of nitrogens with two attached hydrogens (primary N) is 1. The van der Waals surface area contributed by atoms with Gasteiger partial charge in [-0.1, -0.05) is 6.92 Å². The highest BCUT2D eigenvalue weighted by molar-refractivity contribution is 5.81. The monoisotopic (exact) mass is 265 g/mol. The standard InChI is InChI=1S/C14H23N3O2/c1-10-9-17(6-5-13(10)15)11(2)14(18)16-8-12-4-3-7-19-12/h3-4,7,10-11,13H,5-6,8-9,15H2,1-2H3,(H,16,18). The van der Waals surface area contributed by atoms with E-state index in [4.69, 9.17) is 10.2 Å². The lowest BCUT2D eigenvalue weighted by Crippen LogP contribution is -2.53. The van der Waals surface area contributed by atoms with E-state index < -0.39 is 0 Å². The van der Waals surface area contributed by atoms with Crippen LogP contribution in [-0.2, 0) is 11.3 Å². The van der Waals surface area contributed by atoms with Gasteiger partial charge in [-0.3, -0.25) is 9.69 Å². The number of hydrogen-bond donors (Lipinski definition) is 2. The predicted octanol–water partition coefficient (Wildman–Crippen LogP) is 0.953. The maximum Gasteiger partial charge on any atom is 0.237 e. The maximum atomic E-state index is 12.1. The molecule has 2 rings (SSSR count). The molecule has 1 aliphatic heterocycles. The topological polar surface area (TPSA) is 71.5 Å². The average Bonchev–Trinajstić information content (AvgIpc) is 2.91. The van der Waals surface area contributed by atoms with Gasteiger partial charge in [-0.25, -0.2) is 0 Å². The lowest BCUT2D eigenvalue weighted by molar-refractivity contribution is -0.126. The molecular weight excluding hydrogens is 242 g/mol. The summed E-state index contributed by atoms with van der Waals surface area (Å²) in [5.74, 6) is 1.25. The highest BCUT2D eigenvalue weighted by Gasteiger charge is 2.29. The summed E-state index contributed by atoms with van der Waals surface area (Å²) >= 11 is 0. The molecule has 3 unspecified atom stereocenters. The second-order valence-corrected chi connectivity index (χ2v) is 5.40. The number of nitrogens with one attached hydrogen (secondary N) is 1. The molecule has 1 aromatic rings. The summed E-state index contributed by atoms with van der Waals surface area (Å²) in [7, 11) is 0. The Kier molecular flexibility index (Phi) is 4.61. The van der Waals surface area contributed by atoms with E-state index in [0.29, 0.717) is 12.5 Å². The Morgan fingerprint density at radius 1 is 1.68 bits per heavy atom. The van der Waals surface area contributed by atoms with Crippen LogP contribution in [0.3, 0.4) is 0 Å². The van der Waals surface area contributed by atoms with Crippen molar-refractivity contribution in [2.24, 2.45) is 11.7 Å². The number of piperidine rings is 1. The van der Waals surface area contributed by atoms with Gasteiger partial charge in [0.25, 0.3) is 0 Å². The zero-order valence-corrected chi connectivity index (χ0v) is 11.6. The SMILES string of the molecule is CC1CN(C(C)C(=O)NCc2ccco2)CCC1N. The molecule has 0 bridgehead atoms. The Balaban J connectivity index is 1.81.